The Hall–Kier alpha value is -1.87. The van der Waals surface area contributed by atoms with E-state index in [-0.39, 0.29) is 11.3 Å². The molecule has 0 aromatic heterocycles. The Morgan fingerprint density at radius 2 is 1.82 bits per heavy atom. The van der Waals surface area contributed by atoms with E-state index < -0.39 is 5.82 Å². The van der Waals surface area contributed by atoms with Crippen LogP contribution in [-0.4, -0.2) is 6.29 Å². The van der Waals surface area contributed by atoms with Crippen LogP contribution in [0.2, 0.25) is 5.02 Å². The Morgan fingerprint density at radius 3 is 2.47 bits per heavy atom. The minimum absolute atomic E-state index is 0.0789. The van der Waals surface area contributed by atoms with Gasteiger partial charge in [0.25, 0.3) is 0 Å². The Kier molecular flexibility index (Phi) is 3.40. The number of carbonyl (C=O) groups excluding carboxylic acids is 1. The number of para-hydroxylation sites is 1. The topological polar surface area (TPSA) is 26.3 Å². The van der Waals surface area contributed by atoms with Crippen LogP contribution in [0, 0.1) is 5.82 Å². The summed E-state index contributed by atoms with van der Waals surface area (Å²) >= 11 is 5.72. The maximum Gasteiger partial charge on any atom is 0.173 e. The lowest BCUT2D eigenvalue weighted by Crippen LogP contribution is -1.93. The maximum atomic E-state index is 13.5. The third-order valence-corrected chi connectivity index (χ3v) is 2.41. The fourth-order valence-electron chi connectivity index (χ4n) is 1.35. The summed E-state index contributed by atoms with van der Waals surface area (Å²) in [6, 6.07) is 10.6. The van der Waals surface area contributed by atoms with Gasteiger partial charge in [0.1, 0.15) is 5.75 Å². The summed E-state index contributed by atoms with van der Waals surface area (Å²) < 4.78 is 18.8. The van der Waals surface area contributed by atoms with E-state index in [1.54, 1.807) is 24.3 Å². The van der Waals surface area contributed by atoms with Gasteiger partial charge in [0.15, 0.2) is 17.9 Å². The van der Waals surface area contributed by atoms with Crippen molar-refractivity contribution in [1.29, 1.82) is 0 Å². The van der Waals surface area contributed by atoms with Crippen LogP contribution in [-0.2, 0) is 0 Å². The van der Waals surface area contributed by atoms with Gasteiger partial charge in [-0.05, 0) is 36.4 Å². The van der Waals surface area contributed by atoms with E-state index in [4.69, 9.17) is 16.3 Å². The molecule has 0 aliphatic carbocycles. The molecule has 0 unspecified atom stereocenters. The van der Waals surface area contributed by atoms with Crippen molar-refractivity contribution in [1.82, 2.24) is 0 Å². The Labute approximate surface area is 103 Å². The normalized spacial score (nSPS) is 10.0. The highest BCUT2D eigenvalue weighted by molar-refractivity contribution is 6.30. The zero-order chi connectivity index (χ0) is 12.3. The zero-order valence-electron chi connectivity index (χ0n) is 8.69. The van der Waals surface area contributed by atoms with Crippen LogP contribution in [0.4, 0.5) is 4.39 Å². The fraction of sp³-hybridized carbons (Fsp3) is 0. The Bertz CT molecular complexity index is 538. The SMILES string of the molecule is O=Cc1cccc(F)c1Oc1ccc(Cl)cc1. The summed E-state index contributed by atoms with van der Waals surface area (Å²) in [5.74, 6) is -0.239. The van der Waals surface area contributed by atoms with Crippen molar-refractivity contribution in [2.45, 2.75) is 0 Å². The van der Waals surface area contributed by atoms with E-state index in [1.807, 2.05) is 0 Å². The second kappa shape index (κ2) is 4.97. The molecule has 86 valence electrons. The number of ether oxygens (including phenoxy) is 1. The molecular weight excluding hydrogens is 243 g/mol. The van der Waals surface area contributed by atoms with Gasteiger partial charge >= 0.3 is 0 Å². The van der Waals surface area contributed by atoms with Gasteiger partial charge in [-0.1, -0.05) is 17.7 Å². The quantitative estimate of drug-likeness (QED) is 0.767. The first kappa shape index (κ1) is 11.6. The molecule has 17 heavy (non-hydrogen) atoms. The van der Waals surface area contributed by atoms with Crippen LogP contribution in [0.1, 0.15) is 10.4 Å². The van der Waals surface area contributed by atoms with Gasteiger partial charge in [-0.15, -0.1) is 0 Å². The summed E-state index contributed by atoms with van der Waals surface area (Å²) in [4.78, 5) is 10.8. The lowest BCUT2D eigenvalue weighted by Gasteiger charge is -2.08. The molecule has 0 heterocycles. The van der Waals surface area contributed by atoms with Crippen molar-refractivity contribution in [3.63, 3.8) is 0 Å². The van der Waals surface area contributed by atoms with Crippen LogP contribution < -0.4 is 4.74 Å². The molecule has 0 fully saturated rings. The molecule has 0 spiro atoms. The predicted molar refractivity (Wildman–Crippen MR) is 63.3 cm³/mol. The average Bonchev–Trinajstić information content (AvgIpc) is 2.34. The second-order valence-corrected chi connectivity index (χ2v) is 3.77. The summed E-state index contributed by atoms with van der Waals surface area (Å²) in [5.41, 5.74) is 0.167. The lowest BCUT2D eigenvalue weighted by molar-refractivity contribution is 0.112. The van der Waals surface area contributed by atoms with Crippen LogP contribution >= 0.6 is 11.6 Å². The van der Waals surface area contributed by atoms with Gasteiger partial charge in [0.05, 0.1) is 5.56 Å². The van der Waals surface area contributed by atoms with E-state index >= 15 is 0 Å². The number of halogens is 2. The molecule has 2 rings (SSSR count). The summed E-state index contributed by atoms with van der Waals surface area (Å²) in [7, 11) is 0. The Morgan fingerprint density at radius 1 is 1.12 bits per heavy atom. The highest BCUT2D eigenvalue weighted by atomic mass is 35.5. The van der Waals surface area contributed by atoms with Crippen LogP contribution in [0.15, 0.2) is 42.5 Å². The first-order valence-electron chi connectivity index (χ1n) is 4.88. The minimum atomic E-state index is -0.579. The molecule has 0 radical (unpaired) electrons. The van der Waals surface area contributed by atoms with Gasteiger partial charge in [0.2, 0.25) is 0 Å². The molecule has 2 nitrogen and oxygen atoms in total. The van der Waals surface area contributed by atoms with Gasteiger partial charge < -0.3 is 4.74 Å². The lowest BCUT2D eigenvalue weighted by atomic mass is 10.2. The summed E-state index contributed by atoms with van der Waals surface area (Å²) in [6.45, 7) is 0. The highest BCUT2D eigenvalue weighted by Crippen LogP contribution is 2.28. The van der Waals surface area contributed by atoms with Crippen LogP contribution in [0.3, 0.4) is 0 Å². The van der Waals surface area contributed by atoms with Gasteiger partial charge in [-0.2, -0.15) is 0 Å². The van der Waals surface area contributed by atoms with Crippen molar-refractivity contribution in [3.05, 3.63) is 58.9 Å². The van der Waals surface area contributed by atoms with Gasteiger partial charge in [-0.25, -0.2) is 4.39 Å². The van der Waals surface area contributed by atoms with Crippen LogP contribution in [0.25, 0.3) is 0 Å². The van der Waals surface area contributed by atoms with E-state index in [1.165, 1.54) is 18.2 Å². The molecule has 0 aliphatic heterocycles. The molecule has 0 aliphatic rings. The molecule has 0 saturated heterocycles. The molecule has 0 bridgehead atoms. The third kappa shape index (κ3) is 2.63. The molecule has 4 heteroatoms. The monoisotopic (exact) mass is 250 g/mol. The average molecular weight is 251 g/mol. The van der Waals surface area contributed by atoms with Crippen molar-refractivity contribution >= 4 is 17.9 Å². The zero-order valence-corrected chi connectivity index (χ0v) is 9.45. The number of carbonyl (C=O) groups is 1. The molecular formula is C13H8ClFO2. The number of rotatable bonds is 3. The number of hydrogen-bond donors (Lipinski definition) is 0. The van der Waals surface area contributed by atoms with E-state index in [0.29, 0.717) is 17.1 Å². The molecule has 2 aromatic carbocycles. The third-order valence-electron chi connectivity index (χ3n) is 2.16. The van der Waals surface area contributed by atoms with Crippen molar-refractivity contribution in [2.75, 3.05) is 0 Å². The van der Waals surface area contributed by atoms with Gasteiger partial charge in [0, 0.05) is 5.02 Å². The molecule has 2 aromatic rings. The molecule has 0 saturated carbocycles. The Balaban J connectivity index is 2.35. The number of hydrogen-bond acceptors (Lipinski definition) is 2. The van der Waals surface area contributed by atoms with Crippen molar-refractivity contribution in [2.24, 2.45) is 0 Å². The number of aldehydes is 1. The predicted octanol–water partition coefficient (Wildman–Crippen LogP) is 4.08. The first-order chi connectivity index (χ1) is 8.20. The van der Waals surface area contributed by atoms with E-state index in [2.05, 4.69) is 0 Å². The summed E-state index contributed by atoms with van der Waals surface area (Å²) in [5, 5.41) is 0.557. The fourth-order valence-corrected chi connectivity index (χ4v) is 1.47. The molecule has 0 N–H and O–H groups in total. The summed E-state index contributed by atoms with van der Waals surface area (Å²) in [6.07, 6.45) is 0.550. The number of benzene rings is 2. The maximum absolute atomic E-state index is 13.5. The van der Waals surface area contributed by atoms with E-state index in [0.717, 1.165) is 0 Å². The standard InChI is InChI=1S/C13H8ClFO2/c14-10-4-6-11(7-5-10)17-13-9(8-16)2-1-3-12(13)15/h1-8H. The van der Waals surface area contributed by atoms with Crippen molar-refractivity contribution < 1.29 is 13.9 Å². The minimum Gasteiger partial charge on any atom is -0.454 e. The van der Waals surface area contributed by atoms with Gasteiger partial charge in [-0.3, -0.25) is 4.79 Å². The largest absolute Gasteiger partial charge is 0.454 e. The smallest absolute Gasteiger partial charge is 0.173 e. The van der Waals surface area contributed by atoms with Crippen LogP contribution in [0.5, 0.6) is 11.5 Å². The second-order valence-electron chi connectivity index (χ2n) is 3.33. The van der Waals surface area contributed by atoms with E-state index in [9.17, 15) is 9.18 Å². The van der Waals surface area contributed by atoms with Crippen molar-refractivity contribution in [3.8, 4) is 11.5 Å². The highest BCUT2D eigenvalue weighted by Gasteiger charge is 2.10. The molecule has 0 amide bonds. The molecule has 0 atom stereocenters. The first-order valence-corrected chi connectivity index (χ1v) is 5.25.